The second-order valence-corrected chi connectivity index (χ2v) is 3.34. The van der Waals surface area contributed by atoms with E-state index in [-0.39, 0.29) is 6.42 Å². The summed E-state index contributed by atoms with van der Waals surface area (Å²) in [4.78, 5) is 17.5. The van der Waals surface area contributed by atoms with E-state index in [0.29, 0.717) is 0 Å². The molecule has 0 radical (unpaired) electrons. The van der Waals surface area contributed by atoms with E-state index in [1.807, 2.05) is 6.07 Å². The Balaban J connectivity index is 2.32. The van der Waals surface area contributed by atoms with Crippen LogP contribution in [0.25, 0.3) is 11.0 Å². The number of nitrogens with two attached hydrogens (primary N) is 1. The SMILES string of the molecule is N[C@@H](Cc1c[nH]c2ncccc12)C(=O)[O-]. The Morgan fingerprint density at radius 3 is 3.20 bits per heavy atom. The molecule has 0 aromatic carbocycles. The molecule has 5 heteroatoms. The van der Waals surface area contributed by atoms with Gasteiger partial charge in [-0.2, -0.15) is 0 Å². The third-order valence-electron chi connectivity index (χ3n) is 2.28. The molecule has 15 heavy (non-hydrogen) atoms. The van der Waals surface area contributed by atoms with Gasteiger partial charge in [-0.15, -0.1) is 0 Å². The van der Waals surface area contributed by atoms with Gasteiger partial charge in [-0.05, 0) is 24.1 Å². The molecule has 5 nitrogen and oxygen atoms in total. The summed E-state index contributed by atoms with van der Waals surface area (Å²) in [7, 11) is 0. The largest absolute Gasteiger partial charge is 0.548 e. The van der Waals surface area contributed by atoms with Crippen molar-refractivity contribution in [1.29, 1.82) is 0 Å². The number of carbonyl (C=O) groups excluding carboxylic acids is 1. The number of carboxylic acids is 1. The first-order valence-electron chi connectivity index (χ1n) is 4.56. The summed E-state index contributed by atoms with van der Waals surface area (Å²) in [6, 6.07) is 2.68. The summed E-state index contributed by atoms with van der Waals surface area (Å²) in [6.07, 6.45) is 3.63. The number of nitrogens with one attached hydrogen (secondary N) is 1. The molecule has 78 valence electrons. The number of hydrogen-bond donors (Lipinski definition) is 2. The van der Waals surface area contributed by atoms with Gasteiger partial charge < -0.3 is 20.6 Å². The highest BCUT2D eigenvalue weighted by molar-refractivity contribution is 5.81. The average molecular weight is 204 g/mol. The topological polar surface area (TPSA) is 94.8 Å². The third-order valence-corrected chi connectivity index (χ3v) is 2.28. The molecule has 0 amide bonds. The van der Waals surface area contributed by atoms with E-state index in [1.165, 1.54) is 0 Å². The van der Waals surface area contributed by atoms with Gasteiger partial charge in [0.05, 0.1) is 5.97 Å². The highest BCUT2D eigenvalue weighted by Gasteiger charge is 2.09. The fourth-order valence-corrected chi connectivity index (χ4v) is 1.50. The van der Waals surface area contributed by atoms with Crippen LogP contribution in [0, 0.1) is 0 Å². The van der Waals surface area contributed by atoms with Crippen LogP contribution in [-0.4, -0.2) is 22.0 Å². The van der Waals surface area contributed by atoms with E-state index in [9.17, 15) is 9.90 Å². The number of nitrogens with zero attached hydrogens (tertiary/aromatic N) is 1. The van der Waals surface area contributed by atoms with Gasteiger partial charge in [-0.3, -0.25) is 0 Å². The average Bonchev–Trinajstić information content (AvgIpc) is 2.62. The minimum absolute atomic E-state index is 0.244. The van der Waals surface area contributed by atoms with E-state index in [2.05, 4.69) is 9.97 Å². The fraction of sp³-hybridized carbons (Fsp3) is 0.200. The number of aliphatic carboxylic acids is 1. The van der Waals surface area contributed by atoms with Gasteiger partial charge in [0.2, 0.25) is 0 Å². The van der Waals surface area contributed by atoms with E-state index >= 15 is 0 Å². The summed E-state index contributed by atoms with van der Waals surface area (Å²) in [5, 5.41) is 11.4. The van der Waals surface area contributed by atoms with Gasteiger partial charge in [-0.25, -0.2) is 4.98 Å². The molecule has 0 spiro atoms. The minimum Gasteiger partial charge on any atom is -0.548 e. The van der Waals surface area contributed by atoms with Crippen LogP contribution in [0.3, 0.4) is 0 Å². The Kier molecular flexibility index (Phi) is 2.39. The van der Waals surface area contributed by atoms with Crippen LogP contribution in [0.1, 0.15) is 5.56 Å². The first-order valence-corrected chi connectivity index (χ1v) is 4.56. The molecule has 0 unspecified atom stereocenters. The molecule has 0 bridgehead atoms. The number of aromatic nitrogens is 2. The van der Waals surface area contributed by atoms with Crippen molar-refractivity contribution in [1.82, 2.24) is 9.97 Å². The number of pyridine rings is 1. The third kappa shape index (κ3) is 1.82. The number of aromatic amines is 1. The van der Waals surface area contributed by atoms with Crippen LogP contribution in [0.2, 0.25) is 0 Å². The van der Waals surface area contributed by atoms with Gasteiger partial charge in [0, 0.05) is 23.8 Å². The van der Waals surface area contributed by atoms with Gasteiger partial charge >= 0.3 is 0 Å². The highest BCUT2D eigenvalue weighted by Crippen LogP contribution is 2.16. The van der Waals surface area contributed by atoms with Crippen molar-refractivity contribution in [2.45, 2.75) is 12.5 Å². The van der Waals surface area contributed by atoms with Gasteiger partial charge in [0.1, 0.15) is 5.65 Å². The molecule has 2 rings (SSSR count). The van der Waals surface area contributed by atoms with E-state index < -0.39 is 12.0 Å². The van der Waals surface area contributed by atoms with Gasteiger partial charge in [0.15, 0.2) is 0 Å². The van der Waals surface area contributed by atoms with Crippen molar-refractivity contribution in [2.24, 2.45) is 5.73 Å². The van der Waals surface area contributed by atoms with Crippen molar-refractivity contribution < 1.29 is 9.90 Å². The summed E-state index contributed by atoms with van der Waals surface area (Å²) < 4.78 is 0. The zero-order valence-corrected chi connectivity index (χ0v) is 7.93. The number of fused-ring (bicyclic) bond motifs is 1. The van der Waals surface area contributed by atoms with E-state index in [4.69, 9.17) is 5.73 Å². The molecule has 2 heterocycles. The van der Waals surface area contributed by atoms with Gasteiger partial charge in [-0.1, -0.05) is 0 Å². The van der Waals surface area contributed by atoms with Crippen LogP contribution in [0.5, 0.6) is 0 Å². The normalized spacial score (nSPS) is 12.9. The number of carboxylic acid groups (broad SMARTS) is 1. The zero-order chi connectivity index (χ0) is 10.8. The van der Waals surface area contributed by atoms with Crippen molar-refractivity contribution >= 4 is 17.0 Å². The summed E-state index contributed by atoms with van der Waals surface area (Å²) in [6.45, 7) is 0. The summed E-state index contributed by atoms with van der Waals surface area (Å²) in [5.41, 5.74) is 6.98. The Bertz CT molecular complexity index is 492. The maximum absolute atomic E-state index is 10.5. The second-order valence-electron chi connectivity index (χ2n) is 3.34. The van der Waals surface area contributed by atoms with Crippen LogP contribution >= 0.6 is 0 Å². The highest BCUT2D eigenvalue weighted by atomic mass is 16.4. The lowest BCUT2D eigenvalue weighted by Gasteiger charge is -2.11. The van der Waals surface area contributed by atoms with Crippen LogP contribution in [0.4, 0.5) is 0 Å². The second kappa shape index (κ2) is 3.70. The molecule has 2 aromatic heterocycles. The lowest BCUT2D eigenvalue weighted by atomic mass is 10.1. The quantitative estimate of drug-likeness (QED) is 0.683. The smallest absolute Gasteiger partial charge is 0.137 e. The monoisotopic (exact) mass is 204 g/mol. The molecule has 0 aliphatic carbocycles. The van der Waals surface area contributed by atoms with Crippen LogP contribution < -0.4 is 10.8 Å². The number of rotatable bonds is 3. The molecule has 2 aromatic rings. The van der Waals surface area contributed by atoms with Crippen LogP contribution in [-0.2, 0) is 11.2 Å². The van der Waals surface area contributed by atoms with Crippen molar-refractivity contribution in [3.8, 4) is 0 Å². The predicted octanol–water partition coefficient (Wildman–Crippen LogP) is -0.817. The van der Waals surface area contributed by atoms with Gasteiger partial charge in [0.25, 0.3) is 0 Å². The molecule has 0 fully saturated rings. The standard InChI is InChI=1S/C10H11N3O2/c11-8(10(14)15)4-6-5-13-9-7(6)2-1-3-12-9/h1-3,5,8H,4,11H2,(H,12,13)(H,14,15)/p-1/t8-/m0/s1. The maximum atomic E-state index is 10.5. The Labute approximate surface area is 85.9 Å². The van der Waals surface area contributed by atoms with Crippen molar-refractivity contribution in [3.63, 3.8) is 0 Å². The van der Waals surface area contributed by atoms with E-state index in [0.717, 1.165) is 16.6 Å². The molecular formula is C10H10N3O2-. The van der Waals surface area contributed by atoms with Crippen LogP contribution in [0.15, 0.2) is 24.5 Å². The molecule has 0 aliphatic heterocycles. The molecule has 0 saturated heterocycles. The Hall–Kier alpha value is -1.88. The maximum Gasteiger partial charge on any atom is 0.137 e. The zero-order valence-electron chi connectivity index (χ0n) is 7.93. The summed E-state index contributed by atoms with van der Waals surface area (Å²) >= 11 is 0. The fourth-order valence-electron chi connectivity index (χ4n) is 1.50. The predicted molar refractivity (Wildman–Crippen MR) is 52.8 cm³/mol. The lowest BCUT2D eigenvalue weighted by Crippen LogP contribution is -2.43. The first-order chi connectivity index (χ1) is 7.18. The molecule has 0 saturated carbocycles. The molecular weight excluding hydrogens is 194 g/mol. The summed E-state index contributed by atoms with van der Waals surface area (Å²) in [5.74, 6) is -1.24. The lowest BCUT2D eigenvalue weighted by molar-refractivity contribution is -0.307. The van der Waals surface area contributed by atoms with E-state index in [1.54, 1.807) is 18.5 Å². The first kappa shape index (κ1) is 9.67. The molecule has 1 atom stereocenters. The van der Waals surface area contributed by atoms with Crippen molar-refractivity contribution in [2.75, 3.05) is 0 Å². The molecule has 3 N–H and O–H groups in total. The minimum atomic E-state index is -1.24. The number of carbonyl (C=O) groups is 1. The van der Waals surface area contributed by atoms with Crippen molar-refractivity contribution in [3.05, 3.63) is 30.1 Å². The number of H-pyrrole nitrogens is 1. The Morgan fingerprint density at radius 2 is 2.47 bits per heavy atom. The number of hydrogen-bond acceptors (Lipinski definition) is 4. The Morgan fingerprint density at radius 1 is 1.67 bits per heavy atom. The molecule has 0 aliphatic rings.